The normalized spacial score (nSPS) is 26.0. The fourth-order valence-electron chi connectivity index (χ4n) is 2.94. The summed E-state index contributed by atoms with van der Waals surface area (Å²) in [5.74, 6) is 0. The van der Waals surface area contributed by atoms with Crippen LogP contribution in [0.15, 0.2) is 60.7 Å². The van der Waals surface area contributed by atoms with E-state index in [4.69, 9.17) is 18.9 Å². The maximum absolute atomic E-state index is 9.63. The fourth-order valence-corrected chi connectivity index (χ4v) is 2.94. The molecule has 0 unspecified atom stereocenters. The Hall–Kier alpha value is -1.76. The third-order valence-corrected chi connectivity index (χ3v) is 4.25. The molecular weight excluding hydrogens is 320 g/mol. The van der Waals surface area contributed by atoms with Gasteiger partial charge in [0.05, 0.1) is 19.8 Å². The highest BCUT2D eigenvalue weighted by atomic mass is 16.7. The molecule has 0 radical (unpaired) electrons. The highest BCUT2D eigenvalue weighted by Crippen LogP contribution is 2.28. The zero-order chi connectivity index (χ0) is 17.5. The van der Waals surface area contributed by atoms with Gasteiger partial charge in [-0.05, 0) is 11.1 Å². The van der Waals surface area contributed by atoms with Crippen molar-refractivity contribution in [2.24, 2.45) is 0 Å². The van der Waals surface area contributed by atoms with Gasteiger partial charge in [0.25, 0.3) is 0 Å². The molecule has 0 aliphatic carbocycles. The number of methoxy groups -OCH3 is 1. The molecule has 0 amide bonds. The zero-order valence-corrected chi connectivity index (χ0v) is 14.3. The second-order valence-electron chi connectivity index (χ2n) is 5.98. The Morgan fingerprint density at radius 3 is 1.84 bits per heavy atom. The molecule has 1 aliphatic rings. The van der Waals surface area contributed by atoms with E-state index < -0.39 is 24.6 Å². The van der Waals surface area contributed by atoms with E-state index in [9.17, 15) is 5.11 Å². The summed E-state index contributed by atoms with van der Waals surface area (Å²) in [6.07, 6.45) is -1.86. The molecule has 5 heteroatoms. The van der Waals surface area contributed by atoms with E-state index in [-0.39, 0.29) is 6.61 Å². The highest BCUT2D eigenvalue weighted by molar-refractivity contribution is 5.14. The predicted molar refractivity (Wildman–Crippen MR) is 92.8 cm³/mol. The molecule has 1 fully saturated rings. The summed E-state index contributed by atoms with van der Waals surface area (Å²) in [5, 5.41) is 9.63. The van der Waals surface area contributed by atoms with E-state index in [1.165, 1.54) is 0 Å². The first kappa shape index (κ1) is 18.0. The molecule has 25 heavy (non-hydrogen) atoms. The van der Waals surface area contributed by atoms with Crippen LogP contribution in [0.1, 0.15) is 11.1 Å². The monoisotopic (exact) mass is 344 g/mol. The fraction of sp³-hybridized carbons (Fsp3) is 0.400. The Morgan fingerprint density at radius 1 is 0.840 bits per heavy atom. The summed E-state index contributed by atoms with van der Waals surface area (Å²) in [7, 11) is 1.57. The molecule has 134 valence electrons. The lowest BCUT2D eigenvalue weighted by molar-refractivity contribution is -0.169. The molecule has 0 spiro atoms. The Kier molecular flexibility index (Phi) is 6.55. The van der Waals surface area contributed by atoms with Crippen LogP contribution in [-0.2, 0) is 32.2 Å². The molecule has 2 aromatic rings. The lowest BCUT2D eigenvalue weighted by Crippen LogP contribution is -2.39. The second-order valence-corrected chi connectivity index (χ2v) is 5.98. The molecule has 1 aliphatic heterocycles. The first-order valence-electron chi connectivity index (χ1n) is 8.42. The van der Waals surface area contributed by atoms with Gasteiger partial charge < -0.3 is 24.1 Å². The van der Waals surface area contributed by atoms with Crippen molar-refractivity contribution in [3.8, 4) is 0 Å². The summed E-state index contributed by atoms with van der Waals surface area (Å²) in [4.78, 5) is 0. The van der Waals surface area contributed by atoms with Crippen LogP contribution in [-0.4, -0.2) is 43.4 Å². The molecule has 1 heterocycles. The molecular formula is C20H24O5. The summed E-state index contributed by atoms with van der Waals surface area (Å²) in [6, 6.07) is 19.8. The van der Waals surface area contributed by atoms with E-state index in [1.807, 2.05) is 60.7 Å². The van der Waals surface area contributed by atoms with Gasteiger partial charge in [-0.15, -0.1) is 0 Å². The summed E-state index contributed by atoms with van der Waals surface area (Å²) >= 11 is 0. The molecule has 0 bridgehead atoms. The maximum Gasteiger partial charge on any atom is 0.186 e. The van der Waals surface area contributed by atoms with Gasteiger partial charge in [-0.1, -0.05) is 60.7 Å². The van der Waals surface area contributed by atoms with E-state index >= 15 is 0 Å². The van der Waals surface area contributed by atoms with Crippen molar-refractivity contribution >= 4 is 0 Å². The van der Waals surface area contributed by atoms with Crippen LogP contribution < -0.4 is 0 Å². The zero-order valence-electron chi connectivity index (χ0n) is 14.3. The van der Waals surface area contributed by atoms with Crippen molar-refractivity contribution in [3.05, 3.63) is 71.8 Å². The topological polar surface area (TPSA) is 57.2 Å². The maximum atomic E-state index is 9.63. The Bertz CT molecular complexity index is 563. The van der Waals surface area contributed by atoms with Crippen molar-refractivity contribution in [2.45, 2.75) is 37.8 Å². The molecule has 1 saturated heterocycles. The number of ether oxygens (including phenoxy) is 4. The van der Waals surface area contributed by atoms with Crippen LogP contribution in [0, 0.1) is 0 Å². The second kappa shape index (κ2) is 9.08. The lowest BCUT2D eigenvalue weighted by atomic mass is 10.1. The average Bonchev–Trinajstić information content (AvgIpc) is 3.03. The van der Waals surface area contributed by atoms with Crippen molar-refractivity contribution < 1.29 is 24.1 Å². The Morgan fingerprint density at radius 2 is 1.36 bits per heavy atom. The molecule has 3 rings (SSSR count). The minimum atomic E-state index is -0.568. The highest BCUT2D eigenvalue weighted by Gasteiger charge is 2.46. The van der Waals surface area contributed by atoms with E-state index in [0.29, 0.717) is 13.2 Å². The van der Waals surface area contributed by atoms with Crippen LogP contribution in [0.25, 0.3) is 0 Å². The quantitative estimate of drug-likeness (QED) is 0.797. The largest absolute Gasteiger partial charge is 0.394 e. The lowest BCUT2D eigenvalue weighted by Gasteiger charge is -2.24. The van der Waals surface area contributed by atoms with Gasteiger partial charge in [-0.25, -0.2) is 0 Å². The van der Waals surface area contributed by atoms with Gasteiger partial charge in [-0.3, -0.25) is 0 Å². The number of benzene rings is 2. The van der Waals surface area contributed by atoms with E-state index in [0.717, 1.165) is 11.1 Å². The van der Waals surface area contributed by atoms with Crippen molar-refractivity contribution in [1.82, 2.24) is 0 Å². The van der Waals surface area contributed by atoms with Crippen LogP contribution in [0.4, 0.5) is 0 Å². The van der Waals surface area contributed by atoms with Gasteiger partial charge in [0.15, 0.2) is 6.29 Å². The van der Waals surface area contributed by atoms with Crippen LogP contribution in [0.2, 0.25) is 0 Å². The predicted octanol–water partition coefficient (Wildman–Crippen LogP) is 2.52. The number of hydrogen-bond donors (Lipinski definition) is 1. The molecule has 5 nitrogen and oxygen atoms in total. The van der Waals surface area contributed by atoms with Crippen LogP contribution in [0.3, 0.4) is 0 Å². The van der Waals surface area contributed by atoms with Gasteiger partial charge in [-0.2, -0.15) is 0 Å². The van der Waals surface area contributed by atoms with Crippen molar-refractivity contribution in [3.63, 3.8) is 0 Å². The third kappa shape index (κ3) is 4.66. The van der Waals surface area contributed by atoms with Gasteiger partial charge in [0.2, 0.25) is 0 Å². The number of rotatable bonds is 8. The molecule has 0 aromatic heterocycles. The standard InChI is InChI=1S/C20H24O5/c1-22-20-19(24-14-16-10-6-3-7-11-16)18(17(12-21)25-20)23-13-15-8-4-2-5-9-15/h2-11,17-21H,12-14H2,1H3/t17-,18-,19-,20-/m1/s1. The molecule has 4 atom stereocenters. The van der Waals surface area contributed by atoms with Gasteiger partial charge >= 0.3 is 0 Å². The first-order chi connectivity index (χ1) is 12.3. The molecule has 1 N–H and O–H groups in total. The molecule has 0 saturated carbocycles. The third-order valence-electron chi connectivity index (χ3n) is 4.25. The van der Waals surface area contributed by atoms with Crippen LogP contribution >= 0.6 is 0 Å². The average molecular weight is 344 g/mol. The Balaban J connectivity index is 1.66. The Labute approximate surface area is 148 Å². The van der Waals surface area contributed by atoms with Crippen molar-refractivity contribution in [1.29, 1.82) is 0 Å². The van der Waals surface area contributed by atoms with Gasteiger partial charge in [0.1, 0.15) is 18.3 Å². The number of hydrogen-bond acceptors (Lipinski definition) is 5. The summed E-state index contributed by atoms with van der Waals surface area (Å²) in [5.41, 5.74) is 2.12. The SMILES string of the molecule is CO[C@@H]1O[C@H](CO)[C@@H](OCc2ccccc2)[C@H]1OCc1ccccc1. The minimum absolute atomic E-state index is 0.148. The smallest absolute Gasteiger partial charge is 0.186 e. The summed E-state index contributed by atoms with van der Waals surface area (Å²) in [6.45, 7) is 0.704. The van der Waals surface area contributed by atoms with Crippen LogP contribution in [0.5, 0.6) is 0 Å². The first-order valence-corrected chi connectivity index (χ1v) is 8.42. The van der Waals surface area contributed by atoms with Gasteiger partial charge in [0, 0.05) is 7.11 Å². The number of aliphatic hydroxyl groups is 1. The van der Waals surface area contributed by atoms with E-state index in [2.05, 4.69) is 0 Å². The van der Waals surface area contributed by atoms with Crippen molar-refractivity contribution in [2.75, 3.05) is 13.7 Å². The molecule has 2 aromatic carbocycles. The van der Waals surface area contributed by atoms with E-state index in [1.54, 1.807) is 7.11 Å². The minimum Gasteiger partial charge on any atom is -0.394 e. The summed E-state index contributed by atoms with van der Waals surface area (Å²) < 4.78 is 23.2. The number of aliphatic hydroxyl groups excluding tert-OH is 1.